The number of ether oxygens (including phenoxy) is 1. The maximum absolute atomic E-state index is 11.8. The van der Waals surface area contributed by atoms with Gasteiger partial charge >= 0.3 is 0 Å². The average molecular weight is 333 g/mol. The number of nitrogens with one attached hydrogen (secondary N) is 2. The standard InChI is InChI=1S/C17H23N3O2S/c1-3-11-22-14-8-6-13(7-9-14)15-12-23-17(19-15)20-16(21)5-4-10-18-2/h6-9,12,18H,3-5,10-11H2,1-2H3,(H,19,20,21). The molecule has 23 heavy (non-hydrogen) atoms. The second kappa shape index (κ2) is 9.27. The molecule has 1 aromatic carbocycles. The fourth-order valence-corrected chi connectivity index (χ4v) is 2.75. The largest absolute Gasteiger partial charge is 0.494 e. The lowest BCUT2D eigenvalue weighted by atomic mass is 10.2. The van der Waals surface area contributed by atoms with E-state index >= 15 is 0 Å². The van der Waals surface area contributed by atoms with Gasteiger partial charge < -0.3 is 15.4 Å². The number of carbonyl (C=O) groups is 1. The minimum absolute atomic E-state index is 0.00413. The van der Waals surface area contributed by atoms with Crippen LogP contribution >= 0.6 is 11.3 Å². The van der Waals surface area contributed by atoms with E-state index in [1.54, 1.807) is 0 Å². The second-order valence-electron chi connectivity index (χ2n) is 5.17. The molecule has 0 atom stereocenters. The Hall–Kier alpha value is -1.92. The van der Waals surface area contributed by atoms with E-state index in [0.717, 1.165) is 43.0 Å². The Labute approximate surface area is 141 Å². The van der Waals surface area contributed by atoms with Gasteiger partial charge in [0.1, 0.15) is 5.75 Å². The Morgan fingerprint density at radius 3 is 2.78 bits per heavy atom. The maximum atomic E-state index is 11.8. The number of benzene rings is 1. The van der Waals surface area contributed by atoms with E-state index in [1.165, 1.54) is 11.3 Å². The summed E-state index contributed by atoms with van der Waals surface area (Å²) >= 11 is 1.44. The second-order valence-corrected chi connectivity index (χ2v) is 6.02. The van der Waals surface area contributed by atoms with Crippen LogP contribution in [-0.2, 0) is 4.79 Å². The molecule has 0 bridgehead atoms. The van der Waals surface area contributed by atoms with Gasteiger partial charge in [-0.25, -0.2) is 4.98 Å². The fourth-order valence-electron chi connectivity index (χ4n) is 2.01. The molecule has 2 rings (SSSR count). The number of anilines is 1. The van der Waals surface area contributed by atoms with Gasteiger partial charge in [-0.05, 0) is 50.7 Å². The number of hydrogen-bond donors (Lipinski definition) is 2. The van der Waals surface area contributed by atoms with E-state index < -0.39 is 0 Å². The predicted molar refractivity (Wildman–Crippen MR) is 95.1 cm³/mol. The van der Waals surface area contributed by atoms with Crippen molar-refractivity contribution in [2.45, 2.75) is 26.2 Å². The van der Waals surface area contributed by atoms with Crippen molar-refractivity contribution < 1.29 is 9.53 Å². The van der Waals surface area contributed by atoms with Crippen LogP contribution in [-0.4, -0.2) is 31.1 Å². The fraction of sp³-hybridized carbons (Fsp3) is 0.412. The maximum Gasteiger partial charge on any atom is 0.226 e. The molecule has 0 aliphatic carbocycles. The third kappa shape index (κ3) is 5.65. The van der Waals surface area contributed by atoms with Gasteiger partial charge in [-0.2, -0.15) is 0 Å². The topological polar surface area (TPSA) is 63.2 Å². The van der Waals surface area contributed by atoms with Crippen molar-refractivity contribution in [3.63, 3.8) is 0 Å². The highest BCUT2D eigenvalue weighted by molar-refractivity contribution is 7.14. The Balaban J connectivity index is 1.92. The molecule has 0 saturated carbocycles. The van der Waals surface area contributed by atoms with Gasteiger partial charge in [0.05, 0.1) is 12.3 Å². The zero-order valence-corrected chi connectivity index (χ0v) is 14.4. The van der Waals surface area contributed by atoms with Crippen molar-refractivity contribution in [3.05, 3.63) is 29.6 Å². The SMILES string of the molecule is CCCOc1ccc(-c2csc(NC(=O)CCCNC)n2)cc1. The number of amides is 1. The Morgan fingerprint density at radius 2 is 2.09 bits per heavy atom. The van der Waals surface area contributed by atoms with Gasteiger partial charge in [0, 0.05) is 17.4 Å². The summed E-state index contributed by atoms with van der Waals surface area (Å²) in [6.45, 7) is 3.64. The van der Waals surface area contributed by atoms with Gasteiger partial charge in [-0.1, -0.05) is 6.92 Å². The molecule has 0 saturated heterocycles. The highest BCUT2D eigenvalue weighted by atomic mass is 32.1. The third-order valence-electron chi connectivity index (χ3n) is 3.20. The number of aromatic nitrogens is 1. The van der Waals surface area contributed by atoms with Crippen LogP contribution in [0.1, 0.15) is 26.2 Å². The number of hydrogen-bond acceptors (Lipinski definition) is 5. The number of nitrogens with zero attached hydrogens (tertiary/aromatic N) is 1. The lowest BCUT2D eigenvalue weighted by Gasteiger charge is -2.04. The lowest BCUT2D eigenvalue weighted by Crippen LogP contribution is -2.15. The van der Waals surface area contributed by atoms with Gasteiger partial charge in [0.25, 0.3) is 0 Å². The van der Waals surface area contributed by atoms with Crippen molar-refractivity contribution in [1.82, 2.24) is 10.3 Å². The molecule has 2 N–H and O–H groups in total. The monoisotopic (exact) mass is 333 g/mol. The highest BCUT2D eigenvalue weighted by Gasteiger charge is 2.08. The van der Waals surface area contributed by atoms with E-state index in [9.17, 15) is 4.79 Å². The summed E-state index contributed by atoms with van der Waals surface area (Å²) in [4.78, 5) is 16.3. The zero-order chi connectivity index (χ0) is 16.5. The molecule has 5 nitrogen and oxygen atoms in total. The van der Waals surface area contributed by atoms with Crippen LogP contribution in [0.2, 0.25) is 0 Å². The third-order valence-corrected chi connectivity index (χ3v) is 3.96. The van der Waals surface area contributed by atoms with E-state index in [0.29, 0.717) is 11.6 Å². The van der Waals surface area contributed by atoms with E-state index in [-0.39, 0.29) is 5.91 Å². The summed E-state index contributed by atoms with van der Waals surface area (Å²) in [5, 5.41) is 8.46. The first kappa shape index (κ1) is 17.4. The summed E-state index contributed by atoms with van der Waals surface area (Å²) in [7, 11) is 1.88. The van der Waals surface area contributed by atoms with E-state index in [4.69, 9.17) is 4.74 Å². The first-order chi connectivity index (χ1) is 11.2. The van der Waals surface area contributed by atoms with Gasteiger partial charge in [0.2, 0.25) is 5.91 Å². The molecule has 6 heteroatoms. The Bertz CT molecular complexity index is 611. The predicted octanol–water partition coefficient (Wildman–Crippen LogP) is 3.54. The molecule has 124 valence electrons. The molecule has 1 amide bonds. The normalized spacial score (nSPS) is 10.5. The molecule has 2 aromatic rings. The Kier molecular flexibility index (Phi) is 7.03. The van der Waals surface area contributed by atoms with Crippen LogP contribution in [0.4, 0.5) is 5.13 Å². The minimum atomic E-state index is 0.00413. The van der Waals surface area contributed by atoms with Gasteiger partial charge in [0.15, 0.2) is 5.13 Å². The summed E-state index contributed by atoms with van der Waals surface area (Å²) in [5.41, 5.74) is 1.88. The van der Waals surface area contributed by atoms with Crippen molar-refractivity contribution in [1.29, 1.82) is 0 Å². The lowest BCUT2D eigenvalue weighted by molar-refractivity contribution is -0.116. The van der Waals surface area contributed by atoms with Crippen molar-refractivity contribution in [2.75, 3.05) is 25.5 Å². The summed E-state index contributed by atoms with van der Waals surface area (Å²) in [6.07, 6.45) is 2.31. The molecule has 0 radical (unpaired) electrons. The minimum Gasteiger partial charge on any atom is -0.494 e. The van der Waals surface area contributed by atoms with Crippen molar-refractivity contribution in [3.8, 4) is 17.0 Å². The van der Waals surface area contributed by atoms with Crippen LogP contribution in [0.15, 0.2) is 29.6 Å². The molecule has 0 unspecified atom stereocenters. The Morgan fingerprint density at radius 1 is 1.30 bits per heavy atom. The van der Waals surface area contributed by atoms with Gasteiger partial charge in [-0.15, -0.1) is 11.3 Å². The molecule has 0 spiro atoms. The molecule has 0 aliphatic rings. The molecule has 1 aromatic heterocycles. The first-order valence-corrected chi connectivity index (χ1v) is 8.74. The highest BCUT2D eigenvalue weighted by Crippen LogP contribution is 2.26. The van der Waals surface area contributed by atoms with Crippen LogP contribution in [0.25, 0.3) is 11.3 Å². The number of rotatable bonds is 9. The average Bonchev–Trinajstić information content (AvgIpc) is 3.02. The molecule has 0 aliphatic heterocycles. The first-order valence-electron chi connectivity index (χ1n) is 7.86. The van der Waals surface area contributed by atoms with Crippen LogP contribution in [0, 0.1) is 0 Å². The number of thiazole rings is 1. The summed E-state index contributed by atoms with van der Waals surface area (Å²) < 4.78 is 5.57. The quantitative estimate of drug-likeness (QED) is 0.689. The van der Waals surface area contributed by atoms with E-state index in [1.807, 2.05) is 36.7 Å². The van der Waals surface area contributed by atoms with Crippen LogP contribution < -0.4 is 15.4 Å². The summed E-state index contributed by atoms with van der Waals surface area (Å²) in [6, 6.07) is 7.86. The van der Waals surface area contributed by atoms with Crippen LogP contribution in [0.3, 0.4) is 0 Å². The van der Waals surface area contributed by atoms with Gasteiger partial charge in [-0.3, -0.25) is 4.79 Å². The molecule has 0 fully saturated rings. The van der Waals surface area contributed by atoms with Crippen LogP contribution in [0.5, 0.6) is 5.75 Å². The zero-order valence-electron chi connectivity index (χ0n) is 13.6. The number of carbonyl (C=O) groups excluding carboxylic acids is 1. The summed E-state index contributed by atoms with van der Waals surface area (Å²) in [5.74, 6) is 0.869. The molecule has 1 heterocycles. The van der Waals surface area contributed by atoms with Crippen molar-refractivity contribution >= 4 is 22.4 Å². The smallest absolute Gasteiger partial charge is 0.226 e. The van der Waals surface area contributed by atoms with Crippen molar-refractivity contribution in [2.24, 2.45) is 0 Å². The molecular formula is C17H23N3O2S. The molecular weight excluding hydrogens is 310 g/mol. The van der Waals surface area contributed by atoms with E-state index in [2.05, 4.69) is 22.5 Å².